The number of hydrogen-bond donors (Lipinski definition) is 0. The largest absolute Gasteiger partial charge is 0.294 e. The van der Waals surface area contributed by atoms with Crippen molar-refractivity contribution in [3.05, 3.63) is 34.1 Å². The summed E-state index contributed by atoms with van der Waals surface area (Å²) in [6.45, 7) is 1.90. The van der Waals surface area contributed by atoms with Gasteiger partial charge in [-0.15, -0.1) is 0 Å². The van der Waals surface area contributed by atoms with Crippen LogP contribution in [0.1, 0.15) is 30.1 Å². The molecule has 0 aliphatic rings. The van der Waals surface area contributed by atoms with E-state index < -0.39 is 5.82 Å². The Balaban J connectivity index is 3.05. The maximum Gasteiger partial charge on any atom is 0.166 e. The van der Waals surface area contributed by atoms with Gasteiger partial charge in [0.1, 0.15) is 5.82 Å². The molecule has 0 atom stereocenters. The number of rotatable bonds is 3. The van der Waals surface area contributed by atoms with E-state index in [2.05, 4.69) is 15.9 Å². The second kappa shape index (κ2) is 4.51. The summed E-state index contributed by atoms with van der Waals surface area (Å²) in [6.07, 6.45) is 1.12. The molecule has 0 saturated carbocycles. The Kier molecular flexibility index (Phi) is 3.60. The zero-order valence-electron chi connectivity index (χ0n) is 7.31. The molecule has 0 N–H and O–H groups in total. The molecule has 0 aliphatic carbocycles. The van der Waals surface area contributed by atoms with Crippen molar-refractivity contribution in [2.24, 2.45) is 0 Å². The average Bonchev–Trinajstić information content (AvgIpc) is 2.04. The molecule has 0 amide bonds. The Bertz CT molecular complexity index is 302. The fourth-order valence-electron chi connectivity index (χ4n) is 1.12. The summed E-state index contributed by atoms with van der Waals surface area (Å²) in [5.41, 5.74) is 0.171. The lowest BCUT2D eigenvalue weighted by molar-refractivity contribution is 0.0977. The van der Waals surface area contributed by atoms with Crippen LogP contribution < -0.4 is 0 Å². The average molecular weight is 245 g/mol. The summed E-state index contributed by atoms with van der Waals surface area (Å²) in [4.78, 5) is 11.4. The highest BCUT2D eigenvalue weighted by Gasteiger charge is 2.13. The first-order chi connectivity index (χ1) is 6.16. The number of Topliss-reactive ketones (excluding diaryl/α,β-unsaturated/α-hetero) is 1. The zero-order chi connectivity index (χ0) is 9.84. The number of halogens is 2. The normalized spacial score (nSPS) is 10.1. The van der Waals surface area contributed by atoms with E-state index in [1.165, 1.54) is 6.07 Å². The predicted molar refractivity (Wildman–Crippen MR) is 53.3 cm³/mol. The van der Waals surface area contributed by atoms with Crippen LogP contribution in [0.2, 0.25) is 0 Å². The van der Waals surface area contributed by atoms with Gasteiger partial charge in [0, 0.05) is 10.9 Å². The molecule has 1 rings (SSSR count). The quantitative estimate of drug-likeness (QED) is 0.744. The molecule has 13 heavy (non-hydrogen) atoms. The van der Waals surface area contributed by atoms with Gasteiger partial charge < -0.3 is 0 Å². The van der Waals surface area contributed by atoms with Crippen molar-refractivity contribution in [2.75, 3.05) is 0 Å². The van der Waals surface area contributed by atoms with Gasteiger partial charge in [0.05, 0.1) is 5.56 Å². The third kappa shape index (κ3) is 2.37. The van der Waals surface area contributed by atoms with Gasteiger partial charge in [-0.25, -0.2) is 4.39 Å². The molecule has 70 valence electrons. The third-order valence-corrected chi connectivity index (χ3v) is 2.38. The van der Waals surface area contributed by atoms with Crippen LogP contribution in [-0.4, -0.2) is 5.78 Å². The van der Waals surface area contributed by atoms with Crippen LogP contribution in [-0.2, 0) is 0 Å². The minimum Gasteiger partial charge on any atom is -0.294 e. The van der Waals surface area contributed by atoms with E-state index in [1.54, 1.807) is 12.1 Å². The molecule has 0 bridgehead atoms. The lowest BCUT2D eigenvalue weighted by Gasteiger charge is -2.03. The smallest absolute Gasteiger partial charge is 0.166 e. The van der Waals surface area contributed by atoms with Gasteiger partial charge in [-0.05, 0) is 34.5 Å². The monoisotopic (exact) mass is 244 g/mol. The molecule has 1 aromatic carbocycles. The van der Waals surface area contributed by atoms with Crippen LogP contribution in [0.4, 0.5) is 4.39 Å². The molecule has 0 aliphatic heterocycles. The first-order valence-electron chi connectivity index (χ1n) is 4.14. The van der Waals surface area contributed by atoms with E-state index in [0.717, 1.165) is 6.42 Å². The molecule has 1 aromatic rings. The fourth-order valence-corrected chi connectivity index (χ4v) is 1.68. The van der Waals surface area contributed by atoms with Gasteiger partial charge >= 0.3 is 0 Å². The minimum atomic E-state index is -0.451. The number of carbonyl (C=O) groups is 1. The summed E-state index contributed by atoms with van der Waals surface area (Å²) in [7, 11) is 0. The second-order valence-corrected chi connectivity index (χ2v) is 3.62. The van der Waals surface area contributed by atoms with E-state index in [9.17, 15) is 9.18 Å². The number of benzene rings is 1. The summed E-state index contributed by atoms with van der Waals surface area (Å²) in [5, 5.41) is 0. The highest BCUT2D eigenvalue weighted by atomic mass is 79.9. The molecule has 0 aromatic heterocycles. The van der Waals surface area contributed by atoms with Crippen molar-refractivity contribution in [1.29, 1.82) is 0 Å². The standard InChI is InChI=1S/C10H10BrFO/c1-2-4-9(13)10-7(11)5-3-6-8(10)12/h3,5-6H,2,4H2,1H3. The van der Waals surface area contributed by atoms with Crippen molar-refractivity contribution in [3.63, 3.8) is 0 Å². The van der Waals surface area contributed by atoms with Crippen molar-refractivity contribution in [1.82, 2.24) is 0 Å². The van der Waals surface area contributed by atoms with Crippen molar-refractivity contribution in [2.45, 2.75) is 19.8 Å². The van der Waals surface area contributed by atoms with Crippen LogP contribution >= 0.6 is 15.9 Å². The lowest BCUT2D eigenvalue weighted by atomic mass is 10.1. The predicted octanol–water partition coefficient (Wildman–Crippen LogP) is 3.57. The van der Waals surface area contributed by atoms with E-state index in [0.29, 0.717) is 10.9 Å². The third-order valence-electron chi connectivity index (χ3n) is 1.72. The van der Waals surface area contributed by atoms with Gasteiger partial charge in [0.15, 0.2) is 5.78 Å². The van der Waals surface area contributed by atoms with E-state index in [4.69, 9.17) is 0 Å². The molecule has 0 unspecified atom stereocenters. The Morgan fingerprint density at radius 2 is 2.23 bits per heavy atom. The Morgan fingerprint density at radius 1 is 1.54 bits per heavy atom. The number of ketones is 1. The molecule has 0 saturated heterocycles. The highest BCUT2D eigenvalue weighted by molar-refractivity contribution is 9.10. The summed E-state index contributed by atoms with van der Waals surface area (Å²) in [6, 6.07) is 4.54. The summed E-state index contributed by atoms with van der Waals surface area (Å²) < 4.78 is 13.7. The van der Waals surface area contributed by atoms with Gasteiger partial charge in [-0.2, -0.15) is 0 Å². The van der Waals surface area contributed by atoms with Crippen LogP contribution in [0.15, 0.2) is 22.7 Å². The summed E-state index contributed by atoms with van der Waals surface area (Å²) >= 11 is 3.16. The van der Waals surface area contributed by atoms with Crippen LogP contribution in [0.3, 0.4) is 0 Å². The second-order valence-electron chi connectivity index (χ2n) is 2.77. The Labute approximate surface area is 85.1 Å². The van der Waals surface area contributed by atoms with Gasteiger partial charge in [-0.3, -0.25) is 4.79 Å². The first-order valence-corrected chi connectivity index (χ1v) is 4.93. The Morgan fingerprint density at radius 3 is 2.77 bits per heavy atom. The van der Waals surface area contributed by atoms with Crippen molar-refractivity contribution >= 4 is 21.7 Å². The molecular weight excluding hydrogens is 235 g/mol. The molecule has 0 radical (unpaired) electrons. The van der Waals surface area contributed by atoms with E-state index in [-0.39, 0.29) is 11.3 Å². The molecule has 1 nitrogen and oxygen atoms in total. The first kappa shape index (κ1) is 10.4. The molecular formula is C10H10BrFO. The minimum absolute atomic E-state index is 0.146. The maximum absolute atomic E-state index is 13.2. The number of hydrogen-bond acceptors (Lipinski definition) is 1. The van der Waals surface area contributed by atoms with Crippen LogP contribution in [0.25, 0.3) is 0 Å². The molecule has 0 fully saturated rings. The number of carbonyl (C=O) groups excluding carboxylic acids is 1. The van der Waals surface area contributed by atoms with Gasteiger partial charge in [-0.1, -0.05) is 13.0 Å². The molecule has 3 heteroatoms. The van der Waals surface area contributed by atoms with E-state index in [1.807, 2.05) is 6.92 Å². The van der Waals surface area contributed by atoms with Crippen molar-refractivity contribution < 1.29 is 9.18 Å². The van der Waals surface area contributed by atoms with Crippen LogP contribution in [0.5, 0.6) is 0 Å². The van der Waals surface area contributed by atoms with Crippen molar-refractivity contribution in [3.8, 4) is 0 Å². The fraction of sp³-hybridized carbons (Fsp3) is 0.300. The zero-order valence-corrected chi connectivity index (χ0v) is 8.90. The van der Waals surface area contributed by atoms with Gasteiger partial charge in [0.2, 0.25) is 0 Å². The molecule has 0 spiro atoms. The highest BCUT2D eigenvalue weighted by Crippen LogP contribution is 2.21. The maximum atomic E-state index is 13.2. The SMILES string of the molecule is CCCC(=O)c1c(F)cccc1Br. The van der Waals surface area contributed by atoms with Gasteiger partial charge in [0.25, 0.3) is 0 Å². The van der Waals surface area contributed by atoms with Crippen LogP contribution in [0, 0.1) is 5.82 Å². The lowest BCUT2D eigenvalue weighted by Crippen LogP contribution is -2.02. The Hall–Kier alpha value is -0.700. The topological polar surface area (TPSA) is 17.1 Å². The molecule has 0 heterocycles. The summed E-state index contributed by atoms with van der Waals surface area (Å²) in [5.74, 6) is -0.597. The van der Waals surface area contributed by atoms with E-state index >= 15 is 0 Å².